The van der Waals surface area contributed by atoms with Gasteiger partial charge in [0, 0.05) is 18.1 Å². The molecule has 0 aliphatic heterocycles. The Morgan fingerprint density at radius 2 is 2.00 bits per heavy atom. The van der Waals surface area contributed by atoms with Gasteiger partial charge in [-0.05, 0) is 49.2 Å². The van der Waals surface area contributed by atoms with Gasteiger partial charge in [-0.15, -0.1) is 0 Å². The Kier molecular flexibility index (Phi) is 4.89. The van der Waals surface area contributed by atoms with Crippen molar-refractivity contribution in [2.24, 2.45) is 0 Å². The molecule has 0 radical (unpaired) electrons. The van der Waals surface area contributed by atoms with Crippen molar-refractivity contribution >= 4 is 17.4 Å². The number of aromatic nitrogens is 1. The fourth-order valence-corrected chi connectivity index (χ4v) is 1.83. The summed E-state index contributed by atoms with van der Waals surface area (Å²) in [6.45, 7) is 3.87. The van der Waals surface area contributed by atoms with Crippen LogP contribution in [0.1, 0.15) is 11.1 Å². The summed E-state index contributed by atoms with van der Waals surface area (Å²) in [5.41, 5.74) is 2.70. The van der Waals surface area contributed by atoms with Crippen molar-refractivity contribution in [3.8, 4) is 6.07 Å². The van der Waals surface area contributed by atoms with Gasteiger partial charge in [0.05, 0.1) is 0 Å². The Hall–Kier alpha value is -3.13. The van der Waals surface area contributed by atoms with E-state index >= 15 is 0 Å². The van der Waals surface area contributed by atoms with E-state index in [1.807, 2.05) is 50.2 Å². The second kappa shape index (κ2) is 7.04. The summed E-state index contributed by atoms with van der Waals surface area (Å²) in [4.78, 5) is 16.2. The Labute approximate surface area is 129 Å². The van der Waals surface area contributed by atoms with E-state index < -0.39 is 5.91 Å². The highest BCUT2D eigenvalue weighted by Gasteiger charge is 2.09. The number of anilines is 2. The average Bonchev–Trinajstić information content (AvgIpc) is 2.48. The molecular formula is C17H16N4O. The van der Waals surface area contributed by atoms with Crippen LogP contribution in [-0.2, 0) is 4.79 Å². The maximum absolute atomic E-state index is 12.1. The maximum atomic E-state index is 12.1. The van der Waals surface area contributed by atoms with E-state index in [9.17, 15) is 4.79 Å². The van der Waals surface area contributed by atoms with Crippen molar-refractivity contribution in [3.05, 3.63) is 65.5 Å². The molecule has 110 valence electrons. The molecule has 0 saturated heterocycles. The molecule has 0 saturated carbocycles. The van der Waals surface area contributed by atoms with Crippen LogP contribution in [0, 0.1) is 25.2 Å². The van der Waals surface area contributed by atoms with Gasteiger partial charge >= 0.3 is 0 Å². The number of nitrogens with zero attached hydrogens (tertiary/aromatic N) is 2. The fourth-order valence-electron chi connectivity index (χ4n) is 1.83. The van der Waals surface area contributed by atoms with Crippen LogP contribution in [0.15, 0.2) is 54.4 Å². The summed E-state index contributed by atoms with van der Waals surface area (Å²) in [6, 6.07) is 13.0. The molecule has 5 nitrogen and oxygen atoms in total. The van der Waals surface area contributed by atoms with E-state index in [4.69, 9.17) is 5.26 Å². The molecule has 2 aromatic rings. The summed E-state index contributed by atoms with van der Waals surface area (Å²) in [5.74, 6) is 0.115. The quantitative estimate of drug-likeness (QED) is 0.670. The van der Waals surface area contributed by atoms with Gasteiger partial charge in [0.2, 0.25) is 0 Å². The fraction of sp³-hybridized carbons (Fsp3) is 0.118. The van der Waals surface area contributed by atoms with Crippen molar-refractivity contribution in [2.45, 2.75) is 13.8 Å². The number of nitriles is 1. The number of rotatable bonds is 4. The summed E-state index contributed by atoms with van der Waals surface area (Å²) < 4.78 is 0. The third-order valence-corrected chi connectivity index (χ3v) is 2.92. The van der Waals surface area contributed by atoms with E-state index in [2.05, 4.69) is 15.6 Å². The number of hydrogen-bond donors (Lipinski definition) is 2. The lowest BCUT2D eigenvalue weighted by Crippen LogP contribution is -2.14. The molecular weight excluding hydrogens is 276 g/mol. The van der Waals surface area contributed by atoms with Crippen molar-refractivity contribution in [1.82, 2.24) is 4.98 Å². The molecule has 1 aromatic carbocycles. The Balaban J connectivity index is 2.09. The van der Waals surface area contributed by atoms with Crippen LogP contribution in [0.2, 0.25) is 0 Å². The van der Waals surface area contributed by atoms with E-state index in [1.165, 1.54) is 6.20 Å². The third-order valence-electron chi connectivity index (χ3n) is 2.92. The average molecular weight is 292 g/mol. The molecule has 2 N–H and O–H groups in total. The van der Waals surface area contributed by atoms with Crippen LogP contribution in [-0.4, -0.2) is 10.9 Å². The first kappa shape index (κ1) is 15.3. The number of hydrogen-bond acceptors (Lipinski definition) is 4. The Morgan fingerprint density at radius 1 is 1.23 bits per heavy atom. The molecule has 0 aliphatic carbocycles. The number of carbonyl (C=O) groups excluding carboxylic acids is 1. The minimum atomic E-state index is -0.465. The standard InChI is InChI=1S/C17H16N4O/c1-12-4-3-5-15(8-12)21-17(22)14(10-18)11-20-16-9-13(2)6-7-19-16/h3-9,11H,1-2H3,(H,19,20)(H,21,22)/b14-11-. The number of nitrogens with one attached hydrogen (secondary N) is 2. The van der Waals surface area contributed by atoms with Gasteiger partial charge in [-0.1, -0.05) is 12.1 Å². The highest BCUT2D eigenvalue weighted by atomic mass is 16.1. The zero-order valence-electron chi connectivity index (χ0n) is 12.4. The van der Waals surface area contributed by atoms with E-state index in [1.54, 1.807) is 12.3 Å². The highest BCUT2D eigenvalue weighted by molar-refractivity contribution is 6.06. The normalized spacial score (nSPS) is 10.7. The van der Waals surface area contributed by atoms with E-state index in [0.29, 0.717) is 11.5 Å². The lowest BCUT2D eigenvalue weighted by molar-refractivity contribution is -0.112. The summed E-state index contributed by atoms with van der Waals surface area (Å²) in [7, 11) is 0. The number of amides is 1. The maximum Gasteiger partial charge on any atom is 0.267 e. The minimum Gasteiger partial charge on any atom is -0.345 e. The van der Waals surface area contributed by atoms with Gasteiger partial charge in [0.1, 0.15) is 17.5 Å². The Bertz CT molecular complexity index is 759. The zero-order chi connectivity index (χ0) is 15.9. The molecule has 0 spiro atoms. The van der Waals surface area contributed by atoms with Gasteiger partial charge in [-0.25, -0.2) is 4.98 Å². The largest absolute Gasteiger partial charge is 0.345 e. The second-order valence-electron chi connectivity index (χ2n) is 4.86. The first-order valence-corrected chi connectivity index (χ1v) is 6.76. The second-order valence-corrected chi connectivity index (χ2v) is 4.86. The van der Waals surface area contributed by atoms with Crippen LogP contribution in [0.5, 0.6) is 0 Å². The van der Waals surface area contributed by atoms with Gasteiger partial charge in [0.15, 0.2) is 0 Å². The van der Waals surface area contributed by atoms with E-state index in [-0.39, 0.29) is 5.57 Å². The molecule has 0 aliphatic rings. The predicted molar refractivity (Wildman–Crippen MR) is 86.1 cm³/mol. The zero-order valence-corrected chi connectivity index (χ0v) is 12.4. The molecule has 1 amide bonds. The van der Waals surface area contributed by atoms with Crippen molar-refractivity contribution in [1.29, 1.82) is 5.26 Å². The van der Waals surface area contributed by atoms with Gasteiger partial charge in [-0.2, -0.15) is 5.26 Å². The summed E-state index contributed by atoms with van der Waals surface area (Å²) >= 11 is 0. The first-order valence-electron chi connectivity index (χ1n) is 6.76. The summed E-state index contributed by atoms with van der Waals surface area (Å²) in [5, 5.41) is 14.7. The molecule has 2 rings (SSSR count). The lowest BCUT2D eigenvalue weighted by atomic mass is 10.2. The number of carbonyl (C=O) groups is 1. The van der Waals surface area contributed by atoms with E-state index in [0.717, 1.165) is 11.1 Å². The smallest absolute Gasteiger partial charge is 0.267 e. The molecule has 1 aromatic heterocycles. The summed E-state index contributed by atoms with van der Waals surface area (Å²) in [6.07, 6.45) is 3.01. The Morgan fingerprint density at radius 3 is 2.68 bits per heavy atom. The van der Waals surface area contributed by atoms with Crippen molar-refractivity contribution in [3.63, 3.8) is 0 Å². The van der Waals surface area contributed by atoms with Gasteiger partial charge in [-0.3, -0.25) is 4.79 Å². The lowest BCUT2D eigenvalue weighted by Gasteiger charge is -2.06. The highest BCUT2D eigenvalue weighted by Crippen LogP contribution is 2.11. The number of benzene rings is 1. The number of pyridine rings is 1. The van der Waals surface area contributed by atoms with Gasteiger partial charge in [0.25, 0.3) is 5.91 Å². The molecule has 5 heteroatoms. The monoisotopic (exact) mass is 292 g/mol. The first-order chi connectivity index (χ1) is 10.6. The van der Waals surface area contributed by atoms with Crippen molar-refractivity contribution in [2.75, 3.05) is 10.6 Å². The van der Waals surface area contributed by atoms with Crippen molar-refractivity contribution < 1.29 is 4.79 Å². The van der Waals surface area contributed by atoms with Crippen LogP contribution in [0.4, 0.5) is 11.5 Å². The van der Waals surface area contributed by atoms with Gasteiger partial charge < -0.3 is 10.6 Å². The van der Waals surface area contributed by atoms with Crippen LogP contribution in [0.3, 0.4) is 0 Å². The molecule has 22 heavy (non-hydrogen) atoms. The molecule has 0 bridgehead atoms. The third kappa shape index (κ3) is 4.18. The van der Waals surface area contributed by atoms with Crippen LogP contribution >= 0.6 is 0 Å². The minimum absolute atomic E-state index is 0.0233. The molecule has 1 heterocycles. The predicted octanol–water partition coefficient (Wildman–Crippen LogP) is 3.16. The molecule has 0 unspecified atom stereocenters. The SMILES string of the molecule is Cc1cccc(NC(=O)/C(C#N)=C\Nc2cc(C)ccn2)c1. The molecule has 0 atom stereocenters. The van der Waals surface area contributed by atoms with Crippen LogP contribution in [0.25, 0.3) is 0 Å². The molecule has 0 fully saturated rings. The van der Waals surface area contributed by atoms with Crippen LogP contribution < -0.4 is 10.6 Å². The number of aryl methyl sites for hydroxylation is 2. The topological polar surface area (TPSA) is 77.8 Å².